The molecule has 2 atom stereocenters. The Kier molecular flexibility index (Phi) is 4.02. The maximum absolute atomic E-state index is 12.4. The van der Waals surface area contributed by atoms with Crippen LogP contribution >= 0.6 is 11.3 Å². The third-order valence-electron chi connectivity index (χ3n) is 3.53. The minimum atomic E-state index is 0.0685. The highest BCUT2D eigenvalue weighted by Gasteiger charge is 2.29. The molecule has 0 bridgehead atoms. The van der Waals surface area contributed by atoms with E-state index in [1.807, 2.05) is 10.3 Å². The predicted octanol–water partition coefficient (Wildman–Crippen LogP) is 2.09. The van der Waals surface area contributed by atoms with E-state index in [4.69, 9.17) is 0 Å². The SMILES string of the molecule is CC(C)c1nc(C(=O)N2CCNC(C)C2C)cs1. The average Bonchev–Trinajstić information content (AvgIpc) is 2.81. The van der Waals surface area contributed by atoms with Crippen molar-refractivity contribution in [1.82, 2.24) is 15.2 Å². The van der Waals surface area contributed by atoms with E-state index in [2.05, 4.69) is 38.0 Å². The maximum Gasteiger partial charge on any atom is 0.273 e. The second-order valence-corrected chi connectivity index (χ2v) is 6.10. The summed E-state index contributed by atoms with van der Waals surface area (Å²) in [6.45, 7) is 10.0. The monoisotopic (exact) mass is 267 g/mol. The Hall–Kier alpha value is -0.940. The molecule has 1 fully saturated rings. The molecule has 18 heavy (non-hydrogen) atoms. The molecule has 0 aromatic carbocycles. The third-order valence-corrected chi connectivity index (χ3v) is 4.68. The zero-order valence-electron chi connectivity index (χ0n) is 11.4. The molecule has 1 amide bonds. The largest absolute Gasteiger partial charge is 0.332 e. The third kappa shape index (κ3) is 2.57. The average molecular weight is 267 g/mol. The molecular formula is C13H21N3OS. The van der Waals surface area contributed by atoms with Crippen LogP contribution in [0, 0.1) is 0 Å². The highest BCUT2D eigenvalue weighted by molar-refractivity contribution is 7.09. The van der Waals surface area contributed by atoms with Gasteiger partial charge >= 0.3 is 0 Å². The van der Waals surface area contributed by atoms with Crippen LogP contribution in [0.4, 0.5) is 0 Å². The molecule has 0 saturated carbocycles. The van der Waals surface area contributed by atoms with Crippen molar-refractivity contribution in [2.24, 2.45) is 0 Å². The molecule has 2 heterocycles. The smallest absolute Gasteiger partial charge is 0.273 e. The zero-order chi connectivity index (χ0) is 13.3. The predicted molar refractivity (Wildman–Crippen MR) is 74.2 cm³/mol. The molecule has 1 aliphatic rings. The first-order valence-corrected chi connectivity index (χ1v) is 7.38. The molecule has 1 aliphatic heterocycles. The topological polar surface area (TPSA) is 45.2 Å². The summed E-state index contributed by atoms with van der Waals surface area (Å²) in [7, 11) is 0. The summed E-state index contributed by atoms with van der Waals surface area (Å²) in [4.78, 5) is 18.8. The van der Waals surface area contributed by atoms with Gasteiger partial charge in [0, 0.05) is 36.5 Å². The van der Waals surface area contributed by atoms with Crippen LogP contribution in [-0.4, -0.2) is 41.0 Å². The lowest BCUT2D eigenvalue weighted by Gasteiger charge is -2.38. The number of nitrogens with one attached hydrogen (secondary N) is 1. The van der Waals surface area contributed by atoms with E-state index in [-0.39, 0.29) is 11.9 Å². The first-order valence-electron chi connectivity index (χ1n) is 6.50. The van der Waals surface area contributed by atoms with E-state index in [1.165, 1.54) is 0 Å². The summed E-state index contributed by atoms with van der Waals surface area (Å²) in [6, 6.07) is 0.557. The van der Waals surface area contributed by atoms with Crippen molar-refractivity contribution in [3.8, 4) is 0 Å². The van der Waals surface area contributed by atoms with Gasteiger partial charge in [0.2, 0.25) is 0 Å². The number of thiazole rings is 1. The lowest BCUT2D eigenvalue weighted by Crippen LogP contribution is -2.57. The van der Waals surface area contributed by atoms with Crippen molar-refractivity contribution in [2.45, 2.75) is 45.7 Å². The molecule has 0 radical (unpaired) electrons. The molecule has 2 unspecified atom stereocenters. The van der Waals surface area contributed by atoms with Crippen molar-refractivity contribution >= 4 is 17.2 Å². The number of nitrogens with zero attached hydrogens (tertiary/aromatic N) is 2. The Morgan fingerprint density at radius 2 is 2.28 bits per heavy atom. The van der Waals surface area contributed by atoms with E-state index in [1.54, 1.807) is 11.3 Å². The Balaban J connectivity index is 2.14. The van der Waals surface area contributed by atoms with Gasteiger partial charge in [-0.25, -0.2) is 4.98 Å². The first kappa shape index (κ1) is 13.5. The van der Waals surface area contributed by atoms with Gasteiger partial charge in [0.05, 0.1) is 5.01 Å². The van der Waals surface area contributed by atoms with Crippen LogP contribution in [0.1, 0.15) is 49.1 Å². The normalized spacial score (nSPS) is 24.6. The summed E-state index contributed by atoms with van der Waals surface area (Å²) >= 11 is 1.58. The Labute approximate surface area is 112 Å². The fourth-order valence-electron chi connectivity index (χ4n) is 2.14. The summed E-state index contributed by atoms with van der Waals surface area (Å²) in [5, 5.41) is 6.30. The van der Waals surface area contributed by atoms with Crippen molar-refractivity contribution in [3.05, 3.63) is 16.1 Å². The molecule has 1 aromatic heterocycles. The van der Waals surface area contributed by atoms with Crippen molar-refractivity contribution in [1.29, 1.82) is 0 Å². The van der Waals surface area contributed by atoms with E-state index >= 15 is 0 Å². The van der Waals surface area contributed by atoms with Gasteiger partial charge in [0.25, 0.3) is 5.91 Å². The van der Waals surface area contributed by atoms with Crippen LogP contribution in [0.25, 0.3) is 0 Å². The summed E-state index contributed by atoms with van der Waals surface area (Å²) in [5.41, 5.74) is 0.602. The molecule has 2 rings (SSSR count). The van der Waals surface area contributed by atoms with E-state index in [0.29, 0.717) is 17.7 Å². The van der Waals surface area contributed by atoms with Gasteiger partial charge < -0.3 is 10.2 Å². The number of hydrogen-bond donors (Lipinski definition) is 1. The van der Waals surface area contributed by atoms with Crippen LogP contribution in [0.15, 0.2) is 5.38 Å². The van der Waals surface area contributed by atoms with Gasteiger partial charge in [-0.1, -0.05) is 13.8 Å². The summed E-state index contributed by atoms with van der Waals surface area (Å²) < 4.78 is 0. The fourth-order valence-corrected chi connectivity index (χ4v) is 2.95. The molecule has 4 nitrogen and oxygen atoms in total. The highest BCUT2D eigenvalue weighted by Crippen LogP contribution is 2.21. The van der Waals surface area contributed by atoms with E-state index < -0.39 is 0 Å². The fraction of sp³-hybridized carbons (Fsp3) is 0.692. The number of piperazine rings is 1. The van der Waals surface area contributed by atoms with Crippen LogP contribution < -0.4 is 5.32 Å². The quantitative estimate of drug-likeness (QED) is 0.892. The van der Waals surface area contributed by atoms with Crippen molar-refractivity contribution in [2.75, 3.05) is 13.1 Å². The van der Waals surface area contributed by atoms with Gasteiger partial charge in [-0.05, 0) is 13.8 Å². The van der Waals surface area contributed by atoms with Gasteiger partial charge in [-0.2, -0.15) is 0 Å². The van der Waals surface area contributed by atoms with Crippen LogP contribution in [0.5, 0.6) is 0 Å². The van der Waals surface area contributed by atoms with Crippen LogP contribution in [0.2, 0.25) is 0 Å². The Morgan fingerprint density at radius 1 is 1.56 bits per heavy atom. The van der Waals surface area contributed by atoms with Crippen molar-refractivity contribution < 1.29 is 4.79 Å². The molecule has 0 spiro atoms. The van der Waals surface area contributed by atoms with Crippen molar-refractivity contribution in [3.63, 3.8) is 0 Å². The number of carbonyl (C=O) groups excluding carboxylic acids is 1. The number of aromatic nitrogens is 1. The maximum atomic E-state index is 12.4. The Morgan fingerprint density at radius 3 is 2.89 bits per heavy atom. The number of hydrogen-bond acceptors (Lipinski definition) is 4. The summed E-state index contributed by atoms with van der Waals surface area (Å²) in [5.74, 6) is 0.454. The van der Waals surface area contributed by atoms with Crippen LogP contribution in [0.3, 0.4) is 0 Å². The van der Waals surface area contributed by atoms with Gasteiger partial charge in [0.15, 0.2) is 0 Å². The van der Waals surface area contributed by atoms with E-state index in [0.717, 1.165) is 18.1 Å². The molecule has 1 aromatic rings. The zero-order valence-corrected chi connectivity index (χ0v) is 12.3. The molecule has 100 valence electrons. The molecule has 1 saturated heterocycles. The lowest BCUT2D eigenvalue weighted by atomic mass is 10.1. The first-order chi connectivity index (χ1) is 8.50. The number of amides is 1. The second kappa shape index (κ2) is 5.36. The number of carbonyl (C=O) groups is 1. The minimum absolute atomic E-state index is 0.0685. The second-order valence-electron chi connectivity index (χ2n) is 5.21. The van der Waals surface area contributed by atoms with Gasteiger partial charge in [-0.15, -0.1) is 11.3 Å². The van der Waals surface area contributed by atoms with Crippen LogP contribution in [-0.2, 0) is 0 Å². The number of rotatable bonds is 2. The van der Waals surface area contributed by atoms with Gasteiger partial charge in [0.1, 0.15) is 5.69 Å². The molecule has 5 heteroatoms. The van der Waals surface area contributed by atoms with E-state index in [9.17, 15) is 4.79 Å². The molecule has 0 aliphatic carbocycles. The standard InChI is InChI=1S/C13H21N3OS/c1-8(2)12-15-11(7-18-12)13(17)16-6-5-14-9(3)10(16)4/h7-10,14H,5-6H2,1-4H3. The molecular weight excluding hydrogens is 246 g/mol. The molecule has 1 N–H and O–H groups in total. The highest BCUT2D eigenvalue weighted by atomic mass is 32.1. The summed E-state index contributed by atoms with van der Waals surface area (Å²) in [6.07, 6.45) is 0. The lowest BCUT2D eigenvalue weighted by molar-refractivity contribution is 0.0597. The minimum Gasteiger partial charge on any atom is -0.332 e. The van der Waals surface area contributed by atoms with Gasteiger partial charge in [-0.3, -0.25) is 4.79 Å². The Bertz CT molecular complexity index is 430.